The van der Waals surface area contributed by atoms with Gasteiger partial charge in [-0.1, -0.05) is 42.8 Å². The Balaban J connectivity index is 1.12. The van der Waals surface area contributed by atoms with Gasteiger partial charge in [0, 0.05) is 64.6 Å². The number of benzene rings is 2. The number of carbonyl (C=O) groups excluding carboxylic acids is 2. The number of amides is 2. The Morgan fingerprint density at radius 2 is 1.45 bits per heavy atom. The first-order valence-corrected chi connectivity index (χ1v) is 16.4. The lowest BCUT2D eigenvalue weighted by Crippen LogP contribution is -2.63. The van der Waals surface area contributed by atoms with E-state index in [1.807, 2.05) is 16.8 Å². The van der Waals surface area contributed by atoms with E-state index in [2.05, 4.69) is 63.2 Å². The van der Waals surface area contributed by atoms with Gasteiger partial charge in [-0.15, -0.1) is 0 Å². The summed E-state index contributed by atoms with van der Waals surface area (Å²) in [4.78, 5) is 38.6. The van der Waals surface area contributed by atoms with Crippen molar-refractivity contribution in [2.45, 2.75) is 75.9 Å². The number of likely N-dealkylation sites (N-methyl/N-ethyl adjacent to an activating group) is 1. The molecule has 0 unspecified atom stereocenters. The average Bonchev–Trinajstić information content (AvgIpc) is 3.73. The summed E-state index contributed by atoms with van der Waals surface area (Å²) >= 11 is 0. The number of anilines is 1. The highest BCUT2D eigenvalue weighted by molar-refractivity contribution is 5.81. The molecule has 4 aliphatic rings. The zero-order valence-corrected chi connectivity index (χ0v) is 25.6. The zero-order chi connectivity index (χ0) is 28.9. The summed E-state index contributed by atoms with van der Waals surface area (Å²) in [6.45, 7) is 8.48. The second-order valence-corrected chi connectivity index (χ2v) is 13.1. The highest BCUT2D eigenvalue weighted by Crippen LogP contribution is 2.32. The number of fused-ring (bicyclic) bond motifs is 1. The minimum absolute atomic E-state index is 0.0165. The maximum atomic E-state index is 14.3. The Labute approximate surface area is 252 Å². The number of hydrogen-bond donors (Lipinski definition) is 0. The lowest BCUT2D eigenvalue weighted by atomic mass is 9.86. The molecule has 6 rings (SSSR count). The molecule has 226 valence electrons. The second-order valence-electron chi connectivity index (χ2n) is 13.1. The maximum absolute atomic E-state index is 14.3. The number of piperidine rings is 2. The Bertz CT molecular complexity index is 1170. The number of carbonyl (C=O) groups is 2. The summed E-state index contributed by atoms with van der Waals surface area (Å²) in [5.41, 5.74) is 4.58. The fraction of sp³-hybridized carbons (Fsp3) is 0.600. The predicted octanol–water partition coefficient (Wildman–Crippen LogP) is 4.83. The zero-order valence-electron chi connectivity index (χ0n) is 25.6. The fourth-order valence-electron chi connectivity index (χ4n) is 7.68. The van der Waals surface area contributed by atoms with Crippen molar-refractivity contribution in [3.8, 4) is 0 Å². The molecule has 0 spiro atoms. The summed E-state index contributed by atoms with van der Waals surface area (Å²) in [7, 11) is 1.95. The van der Waals surface area contributed by atoms with Crippen LogP contribution in [0.4, 0.5) is 10.5 Å². The van der Waals surface area contributed by atoms with Crippen molar-refractivity contribution in [1.29, 1.82) is 0 Å². The minimum atomic E-state index is -0.747. The highest BCUT2D eigenvalue weighted by Gasteiger charge is 2.44. The van der Waals surface area contributed by atoms with Crippen molar-refractivity contribution in [1.82, 2.24) is 19.6 Å². The first-order valence-electron chi connectivity index (χ1n) is 16.4. The first kappa shape index (κ1) is 29.2. The quantitative estimate of drug-likeness (QED) is 0.404. The molecule has 0 N–H and O–H groups in total. The topological polar surface area (TPSA) is 50.3 Å². The summed E-state index contributed by atoms with van der Waals surface area (Å²) in [5.74, 6) is 0. The minimum Gasteiger partial charge on any atom is -0.372 e. The first-order chi connectivity index (χ1) is 20.5. The van der Waals surface area contributed by atoms with Gasteiger partial charge in [-0.3, -0.25) is 4.90 Å². The SMILES string of the molecule is CN(C(=O)N(CCN1CCCCC1)C1(C=O)CCN(Cc2ccc(N3CCCC3)cc2)CC1)C1Cc2ccccc2C1. The summed E-state index contributed by atoms with van der Waals surface area (Å²) in [6.07, 6.45) is 10.6. The maximum Gasteiger partial charge on any atom is 0.320 e. The van der Waals surface area contributed by atoms with Crippen LogP contribution in [0.2, 0.25) is 0 Å². The molecule has 7 nitrogen and oxygen atoms in total. The van der Waals surface area contributed by atoms with Crippen LogP contribution in [-0.2, 0) is 24.2 Å². The third kappa shape index (κ3) is 6.37. The Hall–Kier alpha value is -2.90. The van der Waals surface area contributed by atoms with Crippen molar-refractivity contribution in [2.24, 2.45) is 0 Å². The molecule has 0 radical (unpaired) electrons. The third-order valence-corrected chi connectivity index (χ3v) is 10.5. The van der Waals surface area contributed by atoms with Crippen LogP contribution in [-0.4, -0.2) is 103 Å². The summed E-state index contributed by atoms with van der Waals surface area (Å²) < 4.78 is 0. The molecule has 7 heteroatoms. The van der Waals surface area contributed by atoms with E-state index < -0.39 is 5.54 Å². The molecular formula is C35H49N5O2. The van der Waals surface area contributed by atoms with Crippen molar-refractivity contribution in [3.63, 3.8) is 0 Å². The van der Waals surface area contributed by atoms with Crippen LogP contribution in [0, 0.1) is 0 Å². The number of hydrogen-bond acceptors (Lipinski definition) is 5. The van der Waals surface area contributed by atoms with Crippen LogP contribution in [0.5, 0.6) is 0 Å². The van der Waals surface area contributed by atoms with Gasteiger partial charge in [-0.2, -0.15) is 0 Å². The Kier molecular flexibility index (Phi) is 9.15. The van der Waals surface area contributed by atoms with Crippen molar-refractivity contribution >= 4 is 18.0 Å². The van der Waals surface area contributed by atoms with Crippen LogP contribution >= 0.6 is 0 Å². The van der Waals surface area contributed by atoms with E-state index in [1.54, 1.807) is 0 Å². The number of rotatable bonds is 9. The third-order valence-electron chi connectivity index (χ3n) is 10.5. The normalized spacial score (nSPS) is 21.3. The van der Waals surface area contributed by atoms with Crippen molar-refractivity contribution in [3.05, 3.63) is 65.2 Å². The van der Waals surface area contributed by atoms with Gasteiger partial charge in [-0.05, 0) is 93.3 Å². The molecule has 3 saturated heterocycles. The molecule has 3 heterocycles. The van der Waals surface area contributed by atoms with Crippen LogP contribution in [0.25, 0.3) is 0 Å². The van der Waals surface area contributed by atoms with Gasteiger partial charge >= 0.3 is 6.03 Å². The molecule has 0 bridgehead atoms. The monoisotopic (exact) mass is 571 g/mol. The van der Waals surface area contributed by atoms with E-state index in [1.165, 1.54) is 54.5 Å². The van der Waals surface area contributed by atoms with E-state index in [0.29, 0.717) is 19.4 Å². The van der Waals surface area contributed by atoms with Gasteiger partial charge in [0.25, 0.3) is 0 Å². The van der Waals surface area contributed by atoms with E-state index >= 15 is 0 Å². The summed E-state index contributed by atoms with van der Waals surface area (Å²) in [5, 5.41) is 0. The molecule has 1 aliphatic carbocycles. The van der Waals surface area contributed by atoms with Gasteiger partial charge in [0.2, 0.25) is 0 Å². The van der Waals surface area contributed by atoms with Gasteiger partial charge in [0.05, 0.1) is 0 Å². The largest absolute Gasteiger partial charge is 0.372 e. The molecule has 0 aromatic heterocycles. The van der Waals surface area contributed by atoms with Gasteiger partial charge in [0.1, 0.15) is 11.8 Å². The van der Waals surface area contributed by atoms with Crippen LogP contribution < -0.4 is 4.90 Å². The fourth-order valence-corrected chi connectivity index (χ4v) is 7.68. The van der Waals surface area contributed by atoms with E-state index in [4.69, 9.17) is 0 Å². The van der Waals surface area contributed by atoms with E-state index in [9.17, 15) is 9.59 Å². The number of aldehydes is 1. The summed E-state index contributed by atoms with van der Waals surface area (Å²) in [6, 6.07) is 17.8. The van der Waals surface area contributed by atoms with Crippen LogP contribution in [0.15, 0.2) is 48.5 Å². The lowest BCUT2D eigenvalue weighted by molar-refractivity contribution is -0.120. The highest BCUT2D eigenvalue weighted by atomic mass is 16.2. The van der Waals surface area contributed by atoms with Crippen LogP contribution in [0.3, 0.4) is 0 Å². The number of nitrogens with zero attached hydrogens (tertiary/aromatic N) is 5. The second kappa shape index (κ2) is 13.2. The van der Waals surface area contributed by atoms with E-state index in [-0.39, 0.29) is 12.1 Å². The smallest absolute Gasteiger partial charge is 0.320 e. The number of urea groups is 1. The molecule has 2 aromatic rings. The standard InChI is InChI=1S/C35H49N5O2/c1-36(33-25-30-9-3-4-10-31(30)26-33)34(42)40(24-23-37-17-5-2-6-18-37)35(28-41)15-21-38(22-16-35)27-29-11-13-32(14-12-29)39-19-7-8-20-39/h3-4,9-14,28,33H,2,5-8,15-27H2,1H3. The molecule has 3 aliphatic heterocycles. The van der Waals surface area contributed by atoms with Crippen LogP contribution in [0.1, 0.15) is 61.6 Å². The Morgan fingerprint density at radius 1 is 0.833 bits per heavy atom. The lowest BCUT2D eigenvalue weighted by Gasteiger charge is -2.47. The van der Waals surface area contributed by atoms with Gasteiger partial charge < -0.3 is 24.4 Å². The Morgan fingerprint density at radius 3 is 2.07 bits per heavy atom. The molecular weight excluding hydrogens is 522 g/mol. The molecule has 42 heavy (non-hydrogen) atoms. The van der Waals surface area contributed by atoms with Gasteiger partial charge in [0.15, 0.2) is 0 Å². The molecule has 0 saturated carbocycles. The average molecular weight is 572 g/mol. The molecule has 2 aromatic carbocycles. The molecule has 2 amide bonds. The molecule has 0 atom stereocenters. The van der Waals surface area contributed by atoms with Crippen molar-refractivity contribution in [2.75, 3.05) is 64.3 Å². The van der Waals surface area contributed by atoms with E-state index in [0.717, 1.165) is 71.5 Å². The van der Waals surface area contributed by atoms with Crippen molar-refractivity contribution < 1.29 is 9.59 Å². The number of likely N-dealkylation sites (tertiary alicyclic amines) is 2. The van der Waals surface area contributed by atoms with Gasteiger partial charge in [-0.25, -0.2) is 4.79 Å². The molecule has 3 fully saturated rings. The predicted molar refractivity (Wildman–Crippen MR) is 169 cm³/mol.